The van der Waals surface area contributed by atoms with Gasteiger partial charge in [-0.15, -0.1) is 0 Å². The van der Waals surface area contributed by atoms with Crippen LogP contribution in [0.2, 0.25) is 5.02 Å². The molecule has 0 bridgehead atoms. The molecule has 2 heterocycles. The number of ether oxygens (including phenoxy) is 2. The Bertz CT molecular complexity index is 697. The molecule has 0 amide bonds. The summed E-state index contributed by atoms with van der Waals surface area (Å²) in [7, 11) is 0. The molecule has 1 aromatic carbocycles. The fourth-order valence-electron chi connectivity index (χ4n) is 3.73. The molecule has 1 saturated heterocycles. The molecule has 1 aliphatic heterocycles. The van der Waals surface area contributed by atoms with Gasteiger partial charge in [0.25, 0.3) is 0 Å². The van der Waals surface area contributed by atoms with Crippen molar-refractivity contribution in [3.8, 4) is 0 Å². The van der Waals surface area contributed by atoms with Crippen molar-refractivity contribution in [2.75, 3.05) is 13.2 Å². The van der Waals surface area contributed by atoms with Crippen LogP contribution in [0.25, 0.3) is 11.0 Å². The summed E-state index contributed by atoms with van der Waals surface area (Å²) in [4.78, 5) is 4.46. The van der Waals surface area contributed by atoms with Gasteiger partial charge in [-0.3, -0.25) is 0 Å². The molecule has 22 heavy (non-hydrogen) atoms. The van der Waals surface area contributed by atoms with Crippen LogP contribution in [-0.2, 0) is 16.0 Å². The minimum Gasteiger partial charge on any atom is -0.348 e. The zero-order valence-corrected chi connectivity index (χ0v) is 14.6. The van der Waals surface area contributed by atoms with E-state index in [0.717, 1.165) is 54.5 Å². The number of aromatic nitrogens is 2. The van der Waals surface area contributed by atoms with Crippen LogP contribution in [-0.4, -0.2) is 28.6 Å². The molecule has 0 radical (unpaired) electrons. The summed E-state index contributed by atoms with van der Waals surface area (Å²) in [5.41, 5.74) is 1.94. The van der Waals surface area contributed by atoms with Gasteiger partial charge in [0, 0.05) is 23.9 Å². The van der Waals surface area contributed by atoms with Crippen molar-refractivity contribution in [1.29, 1.82) is 0 Å². The average molecular weight is 386 g/mol. The van der Waals surface area contributed by atoms with Crippen molar-refractivity contribution in [2.45, 2.75) is 38.0 Å². The maximum Gasteiger partial charge on any atom is 0.168 e. The maximum atomic E-state index is 6.27. The first-order valence-electron chi connectivity index (χ1n) is 7.73. The molecule has 1 aromatic heterocycles. The Hall–Kier alpha value is -0.620. The molecular weight excluding hydrogens is 368 g/mol. The quantitative estimate of drug-likeness (QED) is 0.769. The number of hydrogen-bond donors (Lipinski definition) is 0. The van der Waals surface area contributed by atoms with Crippen LogP contribution in [0.4, 0.5) is 0 Å². The first kappa shape index (κ1) is 14.9. The molecule has 1 atom stereocenters. The van der Waals surface area contributed by atoms with Gasteiger partial charge in [0.1, 0.15) is 5.52 Å². The van der Waals surface area contributed by atoms with E-state index in [9.17, 15) is 0 Å². The van der Waals surface area contributed by atoms with Crippen molar-refractivity contribution >= 4 is 38.6 Å². The van der Waals surface area contributed by atoms with Gasteiger partial charge in [0.15, 0.2) is 5.79 Å². The molecule has 2 fully saturated rings. The number of fused-ring (bicyclic) bond motifs is 1. The Labute approximate surface area is 142 Å². The summed E-state index contributed by atoms with van der Waals surface area (Å²) in [6.07, 6.45) is 6.23. The second kappa shape index (κ2) is 5.78. The van der Waals surface area contributed by atoms with Gasteiger partial charge >= 0.3 is 0 Å². The van der Waals surface area contributed by atoms with Gasteiger partial charge in [0.05, 0.1) is 30.1 Å². The first-order chi connectivity index (χ1) is 10.7. The Kier molecular flexibility index (Phi) is 3.93. The van der Waals surface area contributed by atoms with Crippen LogP contribution >= 0.6 is 27.5 Å². The Balaban J connectivity index is 1.58. The molecule has 4 nitrogen and oxygen atoms in total. The number of benzene rings is 1. The molecule has 2 aromatic rings. The average Bonchev–Trinajstić information content (AvgIpc) is 3.08. The van der Waals surface area contributed by atoms with Gasteiger partial charge < -0.3 is 14.0 Å². The predicted octanol–water partition coefficient (Wildman–Crippen LogP) is 4.39. The third-order valence-corrected chi connectivity index (χ3v) is 5.43. The lowest BCUT2D eigenvalue weighted by molar-refractivity contribution is -0.187. The number of halogens is 2. The summed E-state index contributed by atoms with van der Waals surface area (Å²) in [5.74, 6) is 0.222. The smallest absolute Gasteiger partial charge is 0.168 e. The van der Waals surface area contributed by atoms with Gasteiger partial charge in [-0.2, -0.15) is 0 Å². The van der Waals surface area contributed by atoms with Crippen LogP contribution in [0.15, 0.2) is 22.9 Å². The van der Waals surface area contributed by atoms with Crippen LogP contribution in [0.5, 0.6) is 0 Å². The zero-order chi connectivity index (χ0) is 15.2. The van der Waals surface area contributed by atoms with Crippen LogP contribution in [0.3, 0.4) is 0 Å². The van der Waals surface area contributed by atoms with Crippen molar-refractivity contribution in [3.05, 3.63) is 28.0 Å². The van der Waals surface area contributed by atoms with Gasteiger partial charge in [-0.25, -0.2) is 4.98 Å². The third-order valence-electron chi connectivity index (χ3n) is 4.68. The highest BCUT2D eigenvalue weighted by Crippen LogP contribution is 2.39. The summed E-state index contributed by atoms with van der Waals surface area (Å²) >= 11 is 9.78. The van der Waals surface area contributed by atoms with Crippen LogP contribution in [0.1, 0.15) is 25.7 Å². The van der Waals surface area contributed by atoms with Gasteiger partial charge in [-0.05, 0) is 30.9 Å². The second-order valence-electron chi connectivity index (χ2n) is 6.22. The molecule has 4 rings (SSSR count). The largest absolute Gasteiger partial charge is 0.348 e. The van der Waals surface area contributed by atoms with E-state index in [1.54, 1.807) is 0 Å². The molecule has 2 aliphatic rings. The van der Waals surface area contributed by atoms with Crippen molar-refractivity contribution in [3.63, 3.8) is 0 Å². The summed E-state index contributed by atoms with van der Waals surface area (Å²) in [6, 6.07) is 3.96. The first-order valence-corrected chi connectivity index (χ1v) is 8.90. The highest BCUT2D eigenvalue weighted by Gasteiger charge is 2.41. The summed E-state index contributed by atoms with van der Waals surface area (Å²) in [5, 5.41) is 0.686. The molecule has 118 valence electrons. The monoisotopic (exact) mass is 384 g/mol. The molecule has 0 N–H and O–H groups in total. The molecule has 1 spiro atoms. The SMILES string of the molecule is Clc1cc(Br)cc2c1ncn2C[C@H]1CCCC2(C1)OCCO2. The Morgan fingerprint density at radius 2 is 2.18 bits per heavy atom. The number of hydrogen-bond acceptors (Lipinski definition) is 3. The standard InChI is InChI=1S/C16H18BrClN2O2/c17-12-6-13(18)15-14(7-12)20(10-19-15)9-11-2-1-3-16(8-11)21-4-5-22-16/h6-7,10-11H,1-5,8-9H2/t11-/m0/s1. The minimum absolute atomic E-state index is 0.322. The van der Waals surface area contributed by atoms with E-state index in [0.29, 0.717) is 10.9 Å². The highest BCUT2D eigenvalue weighted by molar-refractivity contribution is 9.10. The maximum absolute atomic E-state index is 6.27. The molecule has 6 heteroatoms. The fraction of sp³-hybridized carbons (Fsp3) is 0.562. The van der Waals surface area contributed by atoms with E-state index in [-0.39, 0.29) is 5.79 Å². The topological polar surface area (TPSA) is 36.3 Å². The lowest BCUT2D eigenvalue weighted by atomic mass is 9.84. The second-order valence-corrected chi connectivity index (χ2v) is 7.55. The van der Waals surface area contributed by atoms with E-state index in [1.807, 2.05) is 12.4 Å². The molecule has 0 unspecified atom stereocenters. The lowest BCUT2D eigenvalue weighted by Gasteiger charge is -2.36. The van der Waals surface area contributed by atoms with Gasteiger partial charge in [-0.1, -0.05) is 27.5 Å². The Morgan fingerprint density at radius 3 is 3.00 bits per heavy atom. The van der Waals surface area contributed by atoms with Gasteiger partial charge in [0.2, 0.25) is 0 Å². The molecule has 1 saturated carbocycles. The van der Waals surface area contributed by atoms with Crippen molar-refractivity contribution < 1.29 is 9.47 Å². The normalized spacial score (nSPS) is 24.4. The zero-order valence-electron chi connectivity index (χ0n) is 12.2. The van der Waals surface area contributed by atoms with Crippen LogP contribution in [0, 0.1) is 5.92 Å². The number of nitrogens with zero attached hydrogens (tertiary/aromatic N) is 2. The molecule has 1 aliphatic carbocycles. The number of imidazole rings is 1. The highest BCUT2D eigenvalue weighted by atomic mass is 79.9. The minimum atomic E-state index is -0.322. The molecular formula is C16H18BrClN2O2. The predicted molar refractivity (Wildman–Crippen MR) is 89.0 cm³/mol. The summed E-state index contributed by atoms with van der Waals surface area (Å²) in [6.45, 7) is 2.38. The fourth-order valence-corrected chi connectivity index (χ4v) is 4.57. The van der Waals surface area contributed by atoms with Crippen molar-refractivity contribution in [1.82, 2.24) is 9.55 Å². The van der Waals surface area contributed by atoms with Crippen molar-refractivity contribution in [2.24, 2.45) is 5.92 Å². The van der Waals surface area contributed by atoms with E-state index >= 15 is 0 Å². The van der Waals surface area contributed by atoms with E-state index in [4.69, 9.17) is 21.1 Å². The van der Waals surface area contributed by atoms with Crippen LogP contribution < -0.4 is 0 Å². The Morgan fingerprint density at radius 1 is 1.36 bits per heavy atom. The third kappa shape index (κ3) is 2.68. The summed E-state index contributed by atoms with van der Waals surface area (Å²) < 4.78 is 14.9. The van der Waals surface area contributed by atoms with E-state index in [2.05, 4.69) is 31.5 Å². The number of rotatable bonds is 2. The lowest BCUT2D eigenvalue weighted by Crippen LogP contribution is -2.37. The van der Waals surface area contributed by atoms with E-state index in [1.165, 1.54) is 6.42 Å². The van der Waals surface area contributed by atoms with E-state index < -0.39 is 0 Å².